The van der Waals surface area contributed by atoms with E-state index < -0.39 is 0 Å². The molecule has 0 saturated heterocycles. The number of methoxy groups -OCH3 is 1. The van der Waals surface area contributed by atoms with Gasteiger partial charge < -0.3 is 15.0 Å². The van der Waals surface area contributed by atoms with Crippen molar-refractivity contribution in [1.29, 1.82) is 0 Å². The Balaban J connectivity index is 1.09. The molecule has 0 atom stereocenters. The number of nitrogens with zero attached hydrogens (tertiary/aromatic N) is 1. The molecule has 5 heteroatoms. The molecule has 0 radical (unpaired) electrons. The van der Waals surface area contributed by atoms with Crippen molar-refractivity contribution in [2.75, 3.05) is 13.7 Å². The van der Waals surface area contributed by atoms with Crippen LogP contribution in [0.2, 0.25) is 0 Å². The Bertz CT molecular complexity index is 779. The number of nitrogens with one attached hydrogen (secondary N) is 1. The van der Waals surface area contributed by atoms with Crippen molar-refractivity contribution in [2.24, 2.45) is 23.2 Å². The van der Waals surface area contributed by atoms with E-state index in [0.29, 0.717) is 25.6 Å². The van der Waals surface area contributed by atoms with Gasteiger partial charge in [-0.25, -0.2) is 0 Å². The Kier molecular flexibility index (Phi) is 5.70. The van der Waals surface area contributed by atoms with Crippen LogP contribution in [0.5, 0.6) is 5.75 Å². The molecule has 0 aliphatic heterocycles. The minimum atomic E-state index is -0.0901. The number of carbonyl (C=O) groups excluding carboxylic acids is 2. The fourth-order valence-electron chi connectivity index (χ4n) is 6.90. The topological polar surface area (TPSA) is 58.6 Å². The van der Waals surface area contributed by atoms with E-state index in [4.69, 9.17) is 4.74 Å². The molecule has 1 N–H and O–H groups in total. The molecule has 5 aliphatic carbocycles. The molecule has 0 heterocycles. The van der Waals surface area contributed by atoms with Crippen LogP contribution in [-0.2, 0) is 16.1 Å². The average Bonchev–Trinajstić information content (AvgIpc) is 3.59. The highest BCUT2D eigenvalue weighted by atomic mass is 16.5. The summed E-state index contributed by atoms with van der Waals surface area (Å²) in [6.45, 7) is 1.28. The fourth-order valence-corrected chi connectivity index (χ4v) is 6.90. The van der Waals surface area contributed by atoms with Crippen molar-refractivity contribution >= 4 is 11.8 Å². The zero-order valence-electron chi connectivity index (χ0n) is 18.8. The lowest BCUT2D eigenvalue weighted by atomic mass is 9.49. The third kappa shape index (κ3) is 4.47. The van der Waals surface area contributed by atoms with Crippen LogP contribution >= 0.6 is 0 Å². The van der Waals surface area contributed by atoms with Crippen LogP contribution in [0.1, 0.15) is 69.8 Å². The van der Waals surface area contributed by atoms with E-state index in [1.807, 2.05) is 29.2 Å². The quantitative estimate of drug-likeness (QED) is 0.602. The Labute approximate surface area is 185 Å². The number of rotatable bonds is 9. The van der Waals surface area contributed by atoms with Crippen LogP contribution in [-0.4, -0.2) is 36.4 Å². The highest BCUT2D eigenvalue weighted by Crippen LogP contribution is 2.60. The highest BCUT2D eigenvalue weighted by molar-refractivity contribution is 5.83. The Morgan fingerprint density at radius 3 is 2.19 bits per heavy atom. The lowest BCUT2D eigenvalue weighted by molar-refractivity contribution is -0.146. The minimum Gasteiger partial charge on any atom is -0.497 e. The van der Waals surface area contributed by atoms with Crippen molar-refractivity contribution < 1.29 is 14.3 Å². The van der Waals surface area contributed by atoms with Gasteiger partial charge in [-0.1, -0.05) is 12.1 Å². The van der Waals surface area contributed by atoms with E-state index >= 15 is 0 Å². The SMILES string of the molecule is COc1ccc(CN(C(=O)CCCNC(=O)C23CC4CC(CC(C4)C2)C3)C2CC2)cc1. The Morgan fingerprint density at radius 1 is 1.03 bits per heavy atom. The first kappa shape index (κ1) is 20.8. The lowest BCUT2D eigenvalue weighted by Gasteiger charge is -2.55. The smallest absolute Gasteiger partial charge is 0.226 e. The number of ether oxygens (including phenoxy) is 1. The Hall–Kier alpha value is -2.04. The first-order valence-corrected chi connectivity index (χ1v) is 12.3. The van der Waals surface area contributed by atoms with Gasteiger partial charge in [0.25, 0.3) is 0 Å². The summed E-state index contributed by atoms with van der Waals surface area (Å²) in [5, 5.41) is 3.22. The summed E-state index contributed by atoms with van der Waals surface area (Å²) in [6.07, 6.45) is 10.8. The highest BCUT2D eigenvalue weighted by Gasteiger charge is 2.54. The maximum Gasteiger partial charge on any atom is 0.226 e. The van der Waals surface area contributed by atoms with Crippen LogP contribution in [0, 0.1) is 23.2 Å². The van der Waals surface area contributed by atoms with Crippen LogP contribution in [0.25, 0.3) is 0 Å². The van der Waals surface area contributed by atoms with Crippen molar-refractivity contribution in [3.63, 3.8) is 0 Å². The molecule has 5 fully saturated rings. The predicted octanol–water partition coefficient (Wildman–Crippen LogP) is 4.30. The molecule has 31 heavy (non-hydrogen) atoms. The molecule has 5 aliphatic rings. The first-order chi connectivity index (χ1) is 15.0. The molecule has 168 valence electrons. The van der Waals surface area contributed by atoms with Gasteiger partial charge >= 0.3 is 0 Å². The van der Waals surface area contributed by atoms with E-state index in [9.17, 15) is 9.59 Å². The van der Waals surface area contributed by atoms with Gasteiger partial charge in [0.15, 0.2) is 0 Å². The second-order valence-corrected chi connectivity index (χ2v) is 10.7. The summed E-state index contributed by atoms with van der Waals surface area (Å²) in [5.74, 6) is 3.66. The van der Waals surface area contributed by atoms with E-state index in [0.717, 1.165) is 67.6 Å². The molecule has 0 unspecified atom stereocenters. The molecule has 5 nitrogen and oxygen atoms in total. The fraction of sp³-hybridized carbons (Fsp3) is 0.692. The third-order valence-electron chi connectivity index (χ3n) is 8.19. The number of carbonyl (C=O) groups is 2. The lowest BCUT2D eigenvalue weighted by Crippen LogP contribution is -2.53. The molecule has 4 bridgehead atoms. The van der Waals surface area contributed by atoms with Crippen molar-refractivity contribution in [3.05, 3.63) is 29.8 Å². The van der Waals surface area contributed by atoms with Crippen molar-refractivity contribution in [1.82, 2.24) is 10.2 Å². The van der Waals surface area contributed by atoms with Crippen molar-refractivity contribution in [2.45, 2.75) is 76.8 Å². The van der Waals surface area contributed by atoms with Crippen LogP contribution in [0.3, 0.4) is 0 Å². The number of hydrogen-bond acceptors (Lipinski definition) is 3. The van der Waals surface area contributed by atoms with Crippen LogP contribution < -0.4 is 10.1 Å². The molecule has 0 spiro atoms. The summed E-state index contributed by atoms with van der Waals surface area (Å²) in [6, 6.07) is 8.35. The molecule has 5 saturated carbocycles. The van der Waals surface area contributed by atoms with Crippen molar-refractivity contribution in [3.8, 4) is 5.75 Å². The maximum absolute atomic E-state index is 13.1. The predicted molar refractivity (Wildman–Crippen MR) is 119 cm³/mol. The van der Waals surface area contributed by atoms with Crippen LogP contribution in [0.15, 0.2) is 24.3 Å². The van der Waals surface area contributed by atoms with Crippen LogP contribution in [0.4, 0.5) is 0 Å². The van der Waals surface area contributed by atoms with Gasteiger partial charge in [-0.05, 0) is 93.2 Å². The summed E-state index contributed by atoms with van der Waals surface area (Å²) < 4.78 is 5.23. The molecule has 2 amide bonds. The molecule has 0 aromatic heterocycles. The third-order valence-corrected chi connectivity index (χ3v) is 8.19. The monoisotopic (exact) mass is 424 g/mol. The molecule has 1 aromatic carbocycles. The minimum absolute atomic E-state index is 0.0901. The number of benzene rings is 1. The summed E-state index contributed by atoms with van der Waals surface area (Å²) >= 11 is 0. The van der Waals surface area contributed by atoms with E-state index in [-0.39, 0.29) is 17.2 Å². The van der Waals surface area contributed by atoms with Gasteiger partial charge in [0.1, 0.15) is 5.75 Å². The molecular formula is C26H36N2O3. The van der Waals surface area contributed by atoms with Gasteiger partial charge in [-0.15, -0.1) is 0 Å². The van der Waals surface area contributed by atoms with Gasteiger partial charge in [0.05, 0.1) is 7.11 Å². The maximum atomic E-state index is 13.1. The van der Waals surface area contributed by atoms with Gasteiger partial charge in [-0.2, -0.15) is 0 Å². The van der Waals surface area contributed by atoms with Gasteiger partial charge in [0, 0.05) is 31.0 Å². The second kappa shape index (κ2) is 8.48. The number of hydrogen-bond donors (Lipinski definition) is 1. The molecule has 6 rings (SSSR count). The van der Waals surface area contributed by atoms with Gasteiger partial charge in [-0.3, -0.25) is 9.59 Å². The van der Waals surface area contributed by atoms with Gasteiger partial charge in [0.2, 0.25) is 11.8 Å². The van der Waals surface area contributed by atoms with E-state index in [1.54, 1.807) is 7.11 Å². The Morgan fingerprint density at radius 2 is 1.65 bits per heavy atom. The molecule has 1 aromatic rings. The first-order valence-electron chi connectivity index (χ1n) is 12.3. The van der Waals surface area contributed by atoms with E-state index in [1.165, 1.54) is 19.3 Å². The zero-order valence-corrected chi connectivity index (χ0v) is 18.8. The number of amides is 2. The normalized spacial score (nSPS) is 30.8. The summed E-state index contributed by atoms with van der Waals surface area (Å²) in [7, 11) is 1.66. The summed E-state index contributed by atoms with van der Waals surface area (Å²) in [5.41, 5.74) is 1.05. The zero-order chi connectivity index (χ0) is 21.4. The molecular weight excluding hydrogens is 388 g/mol. The average molecular weight is 425 g/mol. The van der Waals surface area contributed by atoms with E-state index in [2.05, 4.69) is 5.32 Å². The summed E-state index contributed by atoms with van der Waals surface area (Å²) in [4.78, 5) is 28.0. The standard InChI is InChI=1S/C26H36N2O3/c1-31-23-8-4-18(5-9-23)17-28(22-6-7-22)24(29)3-2-10-27-25(30)26-14-19-11-20(15-26)13-21(12-19)16-26/h4-5,8-9,19-22H,2-3,6-7,10-17H2,1H3,(H,27,30). The second-order valence-electron chi connectivity index (χ2n) is 10.7. The largest absolute Gasteiger partial charge is 0.497 e.